The van der Waals surface area contributed by atoms with Crippen LogP contribution < -0.4 is 10.5 Å². The van der Waals surface area contributed by atoms with Crippen molar-refractivity contribution in [2.45, 2.75) is 0 Å². The van der Waals surface area contributed by atoms with Crippen LogP contribution in [-0.2, 0) is 0 Å². The van der Waals surface area contributed by atoms with Gasteiger partial charge in [-0.25, -0.2) is 0 Å². The van der Waals surface area contributed by atoms with Gasteiger partial charge >= 0.3 is 0 Å². The molecule has 0 saturated carbocycles. The quantitative estimate of drug-likeness (QED) is 0.881. The van der Waals surface area contributed by atoms with Gasteiger partial charge < -0.3 is 9.88 Å². The maximum atomic E-state index is 12.2. The van der Waals surface area contributed by atoms with Crippen molar-refractivity contribution in [3.8, 4) is 6.07 Å². The monoisotopic (exact) mass is 253 g/mol. The van der Waals surface area contributed by atoms with Crippen LogP contribution in [-0.4, -0.2) is 17.9 Å². The molecule has 0 aliphatic heterocycles. The average molecular weight is 253 g/mol. The van der Waals surface area contributed by atoms with E-state index in [0.29, 0.717) is 16.8 Å². The molecule has 0 radical (unpaired) electrons. The lowest BCUT2D eigenvalue weighted by molar-refractivity contribution is 0.0992. The molecule has 94 valence electrons. The number of rotatable bonds is 2. The van der Waals surface area contributed by atoms with Gasteiger partial charge in [0.15, 0.2) is 0 Å². The topological polar surface area (TPSA) is 77.0 Å². The highest BCUT2D eigenvalue weighted by atomic mass is 16.2. The molecule has 19 heavy (non-hydrogen) atoms. The Kier molecular flexibility index (Phi) is 3.44. The molecule has 0 spiro atoms. The first-order valence-corrected chi connectivity index (χ1v) is 5.59. The third kappa shape index (κ3) is 2.53. The van der Waals surface area contributed by atoms with Crippen LogP contribution in [0.2, 0.25) is 0 Å². The largest absolute Gasteiger partial charge is 0.328 e. The van der Waals surface area contributed by atoms with E-state index in [9.17, 15) is 9.59 Å². The molecule has 0 saturated heterocycles. The van der Waals surface area contributed by atoms with Gasteiger partial charge in [-0.15, -0.1) is 0 Å². The van der Waals surface area contributed by atoms with Crippen molar-refractivity contribution in [1.82, 2.24) is 4.98 Å². The number of carbonyl (C=O) groups is 1. The van der Waals surface area contributed by atoms with E-state index in [4.69, 9.17) is 5.26 Å². The third-order valence-electron chi connectivity index (χ3n) is 2.72. The molecule has 1 heterocycles. The number of benzene rings is 1. The van der Waals surface area contributed by atoms with E-state index in [-0.39, 0.29) is 11.5 Å². The number of pyridine rings is 1. The fraction of sp³-hybridized carbons (Fsp3) is 0.0714. The fourth-order valence-corrected chi connectivity index (χ4v) is 1.71. The summed E-state index contributed by atoms with van der Waals surface area (Å²) in [5, 5.41) is 9.02. The van der Waals surface area contributed by atoms with Gasteiger partial charge in [-0.2, -0.15) is 5.26 Å². The minimum absolute atomic E-state index is 0.267. The lowest BCUT2D eigenvalue weighted by Gasteiger charge is -2.18. The molecule has 1 N–H and O–H groups in total. The van der Waals surface area contributed by atoms with E-state index in [1.54, 1.807) is 31.3 Å². The molecule has 0 fully saturated rings. The van der Waals surface area contributed by atoms with Gasteiger partial charge in [0.25, 0.3) is 5.91 Å². The molecule has 1 amide bonds. The number of amides is 1. The van der Waals surface area contributed by atoms with Gasteiger partial charge in [0, 0.05) is 19.3 Å². The Morgan fingerprint density at radius 2 is 2.00 bits per heavy atom. The second-order valence-corrected chi connectivity index (χ2v) is 3.93. The van der Waals surface area contributed by atoms with Crippen LogP contribution in [0.1, 0.15) is 15.9 Å². The fourth-order valence-electron chi connectivity index (χ4n) is 1.71. The average Bonchev–Trinajstić information content (AvgIpc) is 2.46. The van der Waals surface area contributed by atoms with E-state index in [2.05, 4.69) is 4.98 Å². The zero-order chi connectivity index (χ0) is 13.8. The summed E-state index contributed by atoms with van der Waals surface area (Å²) in [7, 11) is 1.59. The van der Waals surface area contributed by atoms with Crippen LogP contribution in [0.4, 0.5) is 5.69 Å². The molecule has 1 aromatic carbocycles. The Hall–Kier alpha value is -2.87. The molecule has 0 aliphatic carbocycles. The number of aromatic amines is 1. The Morgan fingerprint density at radius 3 is 2.63 bits per heavy atom. The lowest BCUT2D eigenvalue weighted by atomic mass is 10.1. The maximum absolute atomic E-state index is 12.2. The lowest BCUT2D eigenvalue weighted by Crippen LogP contribution is -2.27. The first-order chi connectivity index (χ1) is 9.13. The summed E-state index contributed by atoms with van der Waals surface area (Å²) < 4.78 is 0. The second-order valence-electron chi connectivity index (χ2n) is 3.93. The highest BCUT2D eigenvalue weighted by Gasteiger charge is 2.16. The van der Waals surface area contributed by atoms with E-state index >= 15 is 0 Å². The van der Waals surface area contributed by atoms with Crippen molar-refractivity contribution < 1.29 is 4.79 Å². The maximum Gasteiger partial charge on any atom is 0.259 e. The first-order valence-electron chi connectivity index (χ1n) is 5.59. The van der Waals surface area contributed by atoms with E-state index in [0.717, 1.165) is 0 Å². The predicted octanol–water partition coefficient (Wildman–Crippen LogP) is 1.52. The summed E-state index contributed by atoms with van der Waals surface area (Å²) in [5.74, 6) is -0.293. The minimum Gasteiger partial charge on any atom is -0.328 e. The molecule has 0 aliphatic rings. The summed E-state index contributed by atoms with van der Waals surface area (Å²) >= 11 is 0. The highest BCUT2D eigenvalue weighted by Crippen LogP contribution is 2.19. The Morgan fingerprint density at radius 1 is 1.26 bits per heavy atom. The summed E-state index contributed by atoms with van der Waals surface area (Å²) in [5.41, 5.74) is 1.04. The molecule has 0 bridgehead atoms. The van der Waals surface area contributed by atoms with Crippen LogP contribution in [0, 0.1) is 11.3 Å². The third-order valence-corrected chi connectivity index (χ3v) is 2.72. The van der Waals surface area contributed by atoms with Crippen molar-refractivity contribution in [2.24, 2.45) is 0 Å². The number of hydrogen-bond acceptors (Lipinski definition) is 3. The van der Waals surface area contributed by atoms with Crippen LogP contribution in [0.3, 0.4) is 0 Å². The van der Waals surface area contributed by atoms with Crippen molar-refractivity contribution in [3.05, 3.63) is 64.1 Å². The summed E-state index contributed by atoms with van der Waals surface area (Å²) in [6, 6.07) is 11.6. The molecule has 0 atom stereocenters. The van der Waals surface area contributed by atoms with Gasteiger partial charge in [-0.3, -0.25) is 9.59 Å². The van der Waals surface area contributed by atoms with Crippen LogP contribution in [0.25, 0.3) is 0 Å². The summed E-state index contributed by atoms with van der Waals surface area (Å²) in [6.07, 6.45) is 1.36. The van der Waals surface area contributed by atoms with E-state index in [1.807, 2.05) is 6.07 Å². The van der Waals surface area contributed by atoms with Crippen molar-refractivity contribution in [2.75, 3.05) is 11.9 Å². The second kappa shape index (κ2) is 5.19. The molecular formula is C14H11N3O2. The molecule has 1 aromatic heterocycles. The SMILES string of the molecule is CN(C(=O)c1ccc(=O)[nH]c1)c1ccccc1C#N. The first kappa shape index (κ1) is 12.6. The Bertz CT molecular complexity index is 693. The van der Waals surface area contributed by atoms with Gasteiger partial charge in [-0.05, 0) is 18.2 Å². The molecule has 2 aromatic rings. The number of nitrogens with one attached hydrogen (secondary N) is 1. The molecule has 5 heteroatoms. The summed E-state index contributed by atoms with van der Waals surface area (Å²) in [4.78, 5) is 27.0. The molecular weight excluding hydrogens is 242 g/mol. The Labute approximate surface area is 109 Å². The zero-order valence-electron chi connectivity index (χ0n) is 10.3. The van der Waals surface area contributed by atoms with Gasteiger partial charge in [-0.1, -0.05) is 12.1 Å². The van der Waals surface area contributed by atoms with Gasteiger partial charge in [0.05, 0.1) is 16.8 Å². The smallest absolute Gasteiger partial charge is 0.259 e. The Balaban J connectivity index is 2.36. The number of carbonyl (C=O) groups excluding carboxylic acids is 1. The van der Waals surface area contributed by atoms with Crippen LogP contribution >= 0.6 is 0 Å². The minimum atomic E-state index is -0.293. The van der Waals surface area contributed by atoms with Gasteiger partial charge in [0.1, 0.15) is 6.07 Å². The number of H-pyrrole nitrogens is 1. The highest BCUT2D eigenvalue weighted by molar-refractivity contribution is 6.06. The number of para-hydroxylation sites is 1. The standard InChI is InChI=1S/C14H11N3O2/c1-17(12-5-3-2-4-10(12)8-15)14(19)11-6-7-13(18)16-9-11/h2-7,9H,1H3,(H,16,18). The van der Waals surface area contributed by atoms with Crippen LogP contribution in [0.5, 0.6) is 0 Å². The number of hydrogen-bond donors (Lipinski definition) is 1. The molecule has 0 unspecified atom stereocenters. The molecule has 5 nitrogen and oxygen atoms in total. The zero-order valence-corrected chi connectivity index (χ0v) is 10.3. The van der Waals surface area contributed by atoms with Crippen molar-refractivity contribution >= 4 is 11.6 Å². The number of anilines is 1. The van der Waals surface area contributed by atoms with Crippen molar-refractivity contribution in [3.63, 3.8) is 0 Å². The normalized spacial score (nSPS) is 9.68. The summed E-state index contributed by atoms with van der Waals surface area (Å²) in [6.45, 7) is 0. The van der Waals surface area contributed by atoms with Gasteiger partial charge in [0.2, 0.25) is 5.56 Å². The van der Waals surface area contributed by atoms with Crippen molar-refractivity contribution in [1.29, 1.82) is 5.26 Å². The molecule has 2 rings (SSSR count). The van der Waals surface area contributed by atoms with Crippen LogP contribution in [0.15, 0.2) is 47.4 Å². The predicted molar refractivity (Wildman–Crippen MR) is 71.0 cm³/mol. The number of aromatic nitrogens is 1. The van der Waals surface area contributed by atoms with E-state index in [1.165, 1.54) is 23.2 Å². The van der Waals surface area contributed by atoms with E-state index < -0.39 is 0 Å². The number of nitrogens with zero attached hydrogens (tertiary/aromatic N) is 2. The number of nitriles is 1.